The van der Waals surface area contributed by atoms with Gasteiger partial charge >= 0.3 is 0 Å². The summed E-state index contributed by atoms with van der Waals surface area (Å²) < 4.78 is 0. The van der Waals surface area contributed by atoms with E-state index in [1.165, 1.54) is 25.7 Å². The topological polar surface area (TPSA) is 49.3 Å². The van der Waals surface area contributed by atoms with Crippen LogP contribution in [-0.4, -0.2) is 47.5 Å². The van der Waals surface area contributed by atoms with Crippen LogP contribution in [0.25, 0.3) is 0 Å². The highest BCUT2D eigenvalue weighted by molar-refractivity contribution is 5.91. The summed E-state index contributed by atoms with van der Waals surface area (Å²) in [6.45, 7) is 4.97. The van der Waals surface area contributed by atoms with E-state index in [2.05, 4.69) is 21.8 Å². The minimum atomic E-state index is -0.0432. The number of nitrogens with zero attached hydrogens (tertiary/aromatic N) is 4. The van der Waals surface area contributed by atoms with Gasteiger partial charge in [0.1, 0.15) is 11.5 Å². The molecule has 0 aliphatic carbocycles. The van der Waals surface area contributed by atoms with Crippen molar-refractivity contribution >= 4 is 11.7 Å². The third kappa shape index (κ3) is 4.41. The summed E-state index contributed by atoms with van der Waals surface area (Å²) in [6, 6.07) is 0. The molecule has 1 saturated heterocycles. The van der Waals surface area contributed by atoms with E-state index in [0.29, 0.717) is 5.69 Å². The number of unbranched alkanes of at least 4 members (excludes halogenated alkanes) is 1. The van der Waals surface area contributed by atoms with Crippen molar-refractivity contribution in [2.45, 2.75) is 45.4 Å². The molecule has 0 radical (unpaired) electrons. The van der Waals surface area contributed by atoms with Gasteiger partial charge in [-0.3, -0.25) is 4.79 Å². The molecule has 0 aromatic carbocycles. The molecule has 2 heterocycles. The standard InChI is InChI=1S/C16H26N4O/c1-3-4-9-19(2)16(21)14-12-18-15(13-17-14)20-10-7-5-6-8-11-20/h12-13H,3-11H2,1-2H3. The first-order valence-corrected chi connectivity index (χ1v) is 8.05. The highest BCUT2D eigenvalue weighted by atomic mass is 16.2. The molecule has 1 aliphatic rings. The Morgan fingerprint density at radius 3 is 2.48 bits per heavy atom. The lowest BCUT2D eigenvalue weighted by Crippen LogP contribution is -2.29. The Labute approximate surface area is 127 Å². The third-order valence-corrected chi connectivity index (χ3v) is 3.98. The van der Waals surface area contributed by atoms with Gasteiger partial charge in [0, 0.05) is 26.7 Å². The van der Waals surface area contributed by atoms with Gasteiger partial charge in [-0.05, 0) is 19.3 Å². The Bertz CT molecular complexity index is 438. The normalized spacial score (nSPS) is 15.6. The molecule has 0 N–H and O–H groups in total. The number of carbonyl (C=O) groups excluding carboxylic acids is 1. The molecule has 21 heavy (non-hydrogen) atoms. The molecule has 5 heteroatoms. The minimum Gasteiger partial charge on any atom is -0.355 e. The molecule has 0 atom stereocenters. The zero-order chi connectivity index (χ0) is 15.1. The van der Waals surface area contributed by atoms with Gasteiger partial charge in [0.05, 0.1) is 12.4 Å². The van der Waals surface area contributed by atoms with Crippen LogP contribution in [-0.2, 0) is 0 Å². The fraction of sp³-hybridized carbons (Fsp3) is 0.688. The van der Waals surface area contributed by atoms with Crippen molar-refractivity contribution in [2.75, 3.05) is 31.6 Å². The molecule has 1 aliphatic heterocycles. The Morgan fingerprint density at radius 2 is 1.90 bits per heavy atom. The Morgan fingerprint density at radius 1 is 1.19 bits per heavy atom. The number of carbonyl (C=O) groups is 1. The highest BCUT2D eigenvalue weighted by Crippen LogP contribution is 2.16. The maximum absolute atomic E-state index is 12.2. The lowest BCUT2D eigenvalue weighted by atomic mass is 10.2. The third-order valence-electron chi connectivity index (χ3n) is 3.98. The highest BCUT2D eigenvalue weighted by Gasteiger charge is 2.15. The number of aromatic nitrogens is 2. The number of hydrogen-bond donors (Lipinski definition) is 0. The lowest BCUT2D eigenvalue weighted by Gasteiger charge is -2.21. The van der Waals surface area contributed by atoms with Gasteiger partial charge in [0.15, 0.2) is 0 Å². The van der Waals surface area contributed by atoms with E-state index in [0.717, 1.165) is 38.3 Å². The van der Waals surface area contributed by atoms with Crippen LogP contribution in [0.3, 0.4) is 0 Å². The molecule has 2 rings (SSSR count). The smallest absolute Gasteiger partial charge is 0.273 e. The SMILES string of the molecule is CCCCN(C)C(=O)c1cnc(N2CCCCCC2)cn1. The molecule has 1 aromatic heterocycles. The second-order valence-electron chi connectivity index (χ2n) is 5.74. The lowest BCUT2D eigenvalue weighted by molar-refractivity contribution is 0.0787. The van der Waals surface area contributed by atoms with Crippen LogP contribution in [0.1, 0.15) is 55.9 Å². The molecule has 1 aromatic rings. The van der Waals surface area contributed by atoms with Gasteiger partial charge in [-0.15, -0.1) is 0 Å². The zero-order valence-corrected chi connectivity index (χ0v) is 13.2. The number of rotatable bonds is 5. The number of anilines is 1. The first-order chi connectivity index (χ1) is 10.2. The Kier molecular flexibility index (Phi) is 5.96. The van der Waals surface area contributed by atoms with Crippen LogP contribution in [0.5, 0.6) is 0 Å². The van der Waals surface area contributed by atoms with E-state index in [1.54, 1.807) is 17.3 Å². The van der Waals surface area contributed by atoms with Gasteiger partial charge in [0.2, 0.25) is 0 Å². The first-order valence-electron chi connectivity index (χ1n) is 8.05. The summed E-state index contributed by atoms with van der Waals surface area (Å²) in [5, 5.41) is 0. The maximum Gasteiger partial charge on any atom is 0.273 e. The predicted molar refractivity (Wildman–Crippen MR) is 84.6 cm³/mol. The zero-order valence-electron chi connectivity index (χ0n) is 13.2. The Hall–Kier alpha value is -1.65. The summed E-state index contributed by atoms with van der Waals surface area (Å²) in [6.07, 6.45) is 10.5. The van der Waals surface area contributed by atoms with E-state index >= 15 is 0 Å². The van der Waals surface area contributed by atoms with Gasteiger partial charge in [-0.1, -0.05) is 26.2 Å². The van der Waals surface area contributed by atoms with Crippen molar-refractivity contribution in [3.05, 3.63) is 18.1 Å². The summed E-state index contributed by atoms with van der Waals surface area (Å²) >= 11 is 0. The predicted octanol–water partition coefficient (Wildman–Crippen LogP) is 2.73. The van der Waals surface area contributed by atoms with E-state index < -0.39 is 0 Å². The minimum absolute atomic E-state index is 0.0432. The largest absolute Gasteiger partial charge is 0.355 e. The molecule has 1 amide bonds. The van der Waals surface area contributed by atoms with Gasteiger partial charge < -0.3 is 9.80 Å². The maximum atomic E-state index is 12.2. The fourth-order valence-corrected chi connectivity index (χ4v) is 2.59. The first kappa shape index (κ1) is 15.7. The summed E-state index contributed by atoms with van der Waals surface area (Å²) in [5.74, 6) is 0.850. The van der Waals surface area contributed by atoms with Crippen LogP contribution >= 0.6 is 0 Å². The van der Waals surface area contributed by atoms with E-state index in [4.69, 9.17) is 0 Å². The van der Waals surface area contributed by atoms with Crippen molar-refractivity contribution in [3.8, 4) is 0 Å². The average Bonchev–Trinajstić information content (AvgIpc) is 2.81. The van der Waals surface area contributed by atoms with Gasteiger partial charge in [-0.25, -0.2) is 9.97 Å². The molecule has 116 valence electrons. The molecule has 0 spiro atoms. The average molecular weight is 290 g/mol. The van der Waals surface area contributed by atoms with E-state index in [1.807, 2.05) is 7.05 Å². The van der Waals surface area contributed by atoms with E-state index in [-0.39, 0.29) is 5.91 Å². The van der Waals surface area contributed by atoms with Crippen molar-refractivity contribution in [1.82, 2.24) is 14.9 Å². The van der Waals surface area contributed by atoms with Crippen LogP contribution in [0, 0.1) is 0 Å². The van der Waals surface area contributed by atoms with E-state index in [9.17, 15) is 4.79 Å². The second kappa shape index (κ2) is 7.96. The van der Waals surface area contributed by atoms with Crippen LogP contribution in [0.2, 0.25) is 0 Å². The molecular weight excluding hydrogens is 264 g/mol. The van der Waals surface area contributed by atoms with Crippen LogP contribution < -0.4 is 4.90 Å². The quantitative estimate of drug-likeness (QED) is 0.836. The number of hydrogen-bond acceptors (Lipinski definition) is 4. The molecule has 5 nitrogen and oxygen atoms in total. The summed E-state index contributed by atoms with van der Waals surface area (Å²) in [7, 11) is 1.82. The van der Waals surface area contributed by atoms with Crippen molar-refractivity contribution in [3.63, 3.8) is 0 Å². The monoisotopic (exact) mass is 290 g/mol. The van der Waals surface area contributed by atoms with Crippen molar-refractivity contribution < 1.29 is 4.79 Å². The fourth-order valence-electron chi connectivity index (χ4n) is 2.59. The molecule has 0 saturated carbocycles. The molecular formula is C16H26N4O. The molecule has 0 unspecified atom stereocenters. The Balaban J connectivity index is 1.99. The molecule has 0 bridgehead atoms. The molecule has 1 fully saturated rings. The van der Waals surface area contributed by atoms with Crippen LogP contribution in [0.4, 0.5) is 5.82 Å². The van der Waals surface area contributed by atoms with Crippen molar-refractivity contribution in [2.24, 2.45) is 0 Å². The van der Waals surface area contributed by atoms with Gasteiger partial charge in [-0.2, -0.15) is 0 Å². The summed E-state index contributed by atoms with van der Waals surface area (Å²) in [5.41, 5.74) is 0.437. The second-order valence-corrected chi connectivity index (χ2v) is 5.74. The van der Waals surface area contributed by atoms with Crippen LogP contribution in [0.15, 0.2) is 12.4 Å². The summed E-state index contributed by atoms with van der Waals surface area (Å²) in [4.78, 5) is 25.0. The van der Waals surface area contributed by atoms with Crippen molar-refractivity contribution in [1.29, 1.82) is 0 Å². The number of amides is 1. The van der Waals surface area contributed by atoms with Gasteiger partial charge in [0.25, 0.3) is 5.91 Å².